The van der Waals surface area contributed by atoms with Crippen LogP contribution in [0.2, 0.25) is 0 Å². The van der Waals surface area contributed by atoms with Crippen LogP contribution in [0, 0.1) is 0 Å². The third-order valence-corrected chi connectivity index (χ3v) is 3.08. The molecule has 1 amide bonds. The summed E-state index contributed by atoms with van der Waals surface area (Å²) in [5, 5.41) is 12.3. The number of aliphatic hydroxyl groups is 1. The van der Waals surface area contributed by atoms with Crippen molar-refractivity contribution in [2.24, 2.45) is 0 Å². The van der Waals surface area contributed by atoms with Gasteiger partial charge in [0.25, 0.3) is 5.91 Å². The smallest absolute Gasteiger partial charge is 0.257 e. The van der Waals surface area contributed by atoms with Crippen LogP contribution in [0.1, 0.15) is 31.9 Å². The van der Waals surface area contributed by atoms with Gasteiger partial charge in [-0.3, -0.25) is 4.79 Å². The second-order valence-electron chi connectivity index (χ2n) is 4.24. The highest BCUT2D eigenvalue weighted by Crippen LogP contribution is 2.33. The van der Waals surface area contributed by atoms with Gasteiger partial charge in [-0.25, -0.2) is 0 Å². The molecule has 1 aliphatic heterocycles. The average molecular weight is 234 g/mol. The Morgan fingerprint density at radius 2 is 2.18 bits per heavy atom. The Morgan fingerprint density at radius 3 is 2.82 bits per heavy atom. The summed E-state index contributed by atoms with van der Waals surface area (Å²) < 4.78 is 0. The van der Waals surface area contributed by atoms with Crippen molar-refractivity contribution in [2.75, 3.05) is 23.3 Å². The highest BCUT2D eigenvalue weighted by molar-refractivity contribution is 6.02. The fourth-order valence-corrected chi connectivity index (χ4v) is 2.17. The zero-order valence-corrected chi connectivity index (χ0v) is 10.2. The van der Waals surface area contributed by atoms with Crippen LogP contribution in [-0.4, -0.2) is 24.1 Å². The van der Waals surface area contributed by atoms with E-state index in [1.807, 2.05) is 18.2 Å². The number of carbonyl (C=O) groups is 1. The summed E-state index contributed by atoms with van der Waals surface area (Å²) in [4.78, 5) is 13.6. The van der Waals surface area contributed by atoms with Crippen LogP contribution >= 0.6 is 0 Å². The predicted molar refractivity (Wildman–Crippen MR) is 68.2 cm³/mol. The standard InChI is InChI=1S/C13H18N2O2/c1-3-7-15(4-2)9-5-6-10-11(8-9)14-13(17)12(10)16/h5-6,8,12,16H,3-4,7H2,1-2H3,(H,14,17). The topological polar surface area (TPSA) is 52.6 Å². The summed E-state index contributed by atoms with van der Waals surface area (Å²) in [5.41, 5.74) is 2.49. The minimum atomic E-state index is -1.01. The number of benzene rings is 1. The Bertz CT molecular complexity index is 431. The van der Waals surface area contributed by atoms with Crippen LogP contribution < -0.4 is 10.2 Å². The molecule has 0 saturated carbocycles. The van der Waals surface area contributed by atoms with Gasteiger partial charge in [0.1, 0.15) is 0 Å². The molecule has 0 saturated heterocycles. The van der Waals surface area contributed by atoms with E-state index < -0.39 is 6.10 Å². The van der Waals surface area contributed by atoms with Crippen LogP contribution in [0.3, 0.4) is 0 Å². The summed E-state index contributed by atoms with van der Waals surface area (Å²) >= 11 is 0. The van der Waals surface area contributed by atoms with E-state index in [0.29, 0.717) is 5.56 Å². The number of fused-ring (bicyclic) bond motifs is 1. The van der Waals surface area contributed by atoms with Crippen LogP contribution in [0.4, 0.5) is 11.4 Å². The van der Waals surface area contributed by atoms with Gasteiger partial charge >= 0.3 is 0 Å². The van der Waals surface area contributed by atoms with Crippen molar-refractivity contribution in [3.8, 4) is 0 Å². The number of nitrogens with zero attached hydrogens (tertiary/aromatic N) is 1. The fraction of sp³-hybridized carbons (Fsp3) is 0.462. The van der Waals surface area contributed by atoms with E-state index in [-0.39, 0.29) is 5.91 Å². The summed E-state index contributed by atoms with van der Waals surface area (Å²) in [6, 6.07) is 5.72. The van der Waals surface area contributed by atoms with Gasteiger partial charge in [0.2, 0.25) is 0 Å². The van der Waals surface area contributed by atoms with Gasteiger partial charge in [0.15, 0.2) is 6.10 Å². The lowest BCUT2D eigenvalue weighted by atomic mass is 10.1. The molecular weight excluding hydrogens is 216 g/mol. The second kappa shape index (κ2) is 4.75. The maximum absolute atomic E-state index is 11.3. The molecule has 1 aromatic carbocycles. The van der Waals surface area contributed by atoms with Crippen molar-refractivity contribution >= 4 is 17.3 Å². The van der Waals surface area contributed by atoms with Crippen molar-refractivity contribution in [2.45, 2.75) is 26.4 Å². The third-order valence-electron chi connectivity index (χ3n) is 3.08. The predicted octanol–water partition coefficient (Wildman–Crippen LogP) is 1.91. The van der Waals surface area contributed by atoms with Gasteiger partial charge in [-0.05, 0) is 25.5 Å². The number of hydrogen-bond acceptors (Lipinski definition) is 3. The van der Waals surface area contributed by atoms with E-state index in [0.717, 1.165) is 30.9 Å². The third kappa shape index (κ3) is 2.13. The highest BCUT2D eigenvalue weighted by Gasteiger charge is 2.28. The zero-order valence-electron chi connectivity index (χ0n) is 10.2. The minimum Gasteiger partial charge on any atom is -0.378 e. The van der Waals surface area contributed by atoms with Gasteiger partial charge < -0.3 is 15.3 Å². The van der Waals surface area contributed by atoms with Crippen molar-refractivity contribution in [1.29, 1.82) is 0 Å². The lowest BCUT2D eigenvalue weighted by molar-refractivity contribution is -0.123. The number of amides is 1. The molecule has 1 aliphatic rings. The Morgan fingerprint density at radius 1 is 1.41 bits per heavy atom. The first-order valence-electron chi connectivity index (χ1n) is 6.05. The van der Waals surface area contributed by atoms with Crippen molar-refractivity contribution in [3.63, 3.8) is 0 Å². The fourth-order valence-electron chi connectivity index (χ4n) is 2.17. The Kier molecular flexibility index (Phi) is 3.33. The average Bonchev–Trinajstić information content (AvgIpc) is 2.61. The molecule has 1 heterocycles. The molecule has 17 heavy (non-hydrogen) atoms. The molecule has 0 fully saturated rings. The lowest BCUT2D eigenvalue weighted by Crippen LogP contribution is -2.23. The zero-order chi connectivity index (χ0) is 12.4. The molecular formula is C13H18N2O2. The van der Waals surface area contributed by atoms with Crippen LogP contribution in [0.25, 0.3) is 0 Å². The van der Waals surface area contributed by atoms with E-state index in [9.17, 15) is 9.90 Å². The van der Waals surface area contributed by atoms with Crippen LogP contribution in [0.15, 0.2) is 18.2 Å². The van der Waals surface area contributed by atoms with Gasteiger partial charge in [0.05, 0.1) is 0 Å². The van der Waals surface area contributed by atoms with Crippen molar-refractivity contribution in [3.05, 3.63) is 23.8 Å². The van der Waals surface area contributed by atoms with Gasteiger partial charge in [0, 0.05) is 30.0 Å². The Hall–Kier alpha value is -1.55. The molecule has 0 aromatic heterocycles. The summed E-state index contributed by atoms with van der Waals surface area (Å²) in [5.74, 6) is -0.337. The SMILES string of the molecule is CCCN(CC)c1ccc2c(c1)NC(=O)C2O. The molecule has 4 nitrogen and oxygen atoms in total. The maximum atomic E-state index is 11.3. The Balaban J connectivity index is 2.29. The van der Waals surface area contributed by atoms with E-state index in [2.05, 4.69) is 24.1 Å². The molecule has 0 spiro atoms. The monoisotopic (exact) mass is 234 g/mol. The molecule has 1 unspecified atom stereocenters. The van der Waals surface area contributed by atoms with Gasteiger partial charge in [-0.15, -0.1) is 0 Å². The van der Waals surface area contributed by atoms with Crippen LogP contribution in [-0.2, 0) is 4.79 Å². The first kappa shape index (κ1) is 11.9. The largest absolute Gasteiger partial charge is 0.378 e. The summed E-state index contributed by atoms with van der Waals surface area (Å²) in [6.45, 7) is 6.17. The van der Waals surface area contributed by atoms with E-state index in [1.54, 1.807) is 0 Å². The number of rotatable bonds is 4. The number of hydrogen-bond donors (Lipinski definition) is 2. The number of carbonyl (C=O) groups excluding carboxylic acids is 1. The highest BCUT2D eigenvalue weighted by atomic mass is 16.3. The molecule has 0 aliphatic carbocycles. The summed E-state index contributed by atoms with van der Waals surface area (Å²) in [7, 11) is 0. The maximum Gasteiger partial charge on any atom is 0.257 e. The van der Waals surface area contributed by atoms with Crippen LogP contribution in [0.5, 0.6) is 0 Å². The number of anilines is 2. The van der Waals surface area contributed by atoms with Gasteiger partial charge in [-0.1, -0.05) is 13.0 Å². The first-order valence-corrected chi connectivity index (χ1v) is 6.05. The Labute approximate surface area is 101 Å². The van der Waals surface area contributed by atoms with Crippen molar-refractivity contribution in [1.82, 2.24) is 0 Å². The molecule has 1 aromatic rings. The normalized spacial score (nSPS) is 17.8. The molecule has 1 atom stereocenters. The van der Waals surface area contributed by atoms with Crippen molar-refractivity contribution < 1.29 is 9.90 Å². The first-order chi connectivity index (χ1) is 8.17. The molecule has 2 N–H and O–H groups in total. The van der Waals surface area contributed by atoms with E-state index in [1.165, 1.54) is 0 Å². The molecule has 4 heteroatoms. The summed E-state index contributed by atoms with van der Waals surface area (Å²) in [6.07, 6.45) is 0.0696. The molecule has 92 valence electrons. The minimum absolute atomic E-state index is 0.337. The second-order valence-corrected chi connectivity index (χ2v) is 4.24. The number of nitrogens with one attached hydrogen (secondary N) is 1. The lowest BCUT2D eigenvalue weighted by Gasteiger charge is -2.23. The molecule has 0 bridgehead atoms. The number of aliphatic hydroxyl groups excluding tert-OH is 1. The quantitative estimate of drug-likeness (QED) is 0.836. The van der Waals surface area contributed by atoms with E-state index >= 15 is 0 Å². The molecule has 0 radical (unpaired) electrons. The van der Waals surface area contributed by atoms with Gasteiger partial charge in [-0.2, -0.15) is 0 Å². The van der Waals surface area contributed by atoms with E-state index in [4.69, 9.17) is 0 Å². The molecule has 2 rings (SSSR count).